The molecule has 0 spiro atoms. The molecule has 0 radical (unpaired) electrons. The zero-order valence-corrected chi connectivity index (χ0v) is 21.1. The molecule has 2 heterocycles. The molecule has 2 N–H and O–H groups in total. The molecule has 2 aromatic heterocycles. The minimum atomic E-state index is -0.0768. The van der Waals surface area contributed by atoms with Gasteiger partial charge in [-0.3, -0.25) is 9.69 Å². The van der Waals surface area contributed by atoms with Crippen molar-refractivity contribution in [2.45, 2.75) is 46.7 Å². The maximum absolute atomic E-state index is 12.5. The predicted molar refractivity (Wildman–Crippen MR) is 141 cm³/mol. The van der Waals surface area contributed by atoms with Gasteiger partial charge >= 0.3 is 0 Å². The molecular weight excluding hydrogens is 440 g/mol. The number of nitrogens with zero attached hydrogens (tertiary/aromatic N) is 2. The summed E-state index contributed by atoms with van der Waals surface area (Å²) in [7, 11) is 0. The first-order valence-corrected chi connectivity index (χ1v) is 12.9. The number of thiazole rings is 1. The lowest BCUT2D eigenvalue weighted by Crippen LogP contribution is -2.27. The van der Waals surface area contributed by atoms with Gasteiger partial charge in [0.1, 0.15) is 10.7 Å². The van der Waals surface area contributed by atoms with E-state index in [1.165, 1.54) is 27.6 Å². The molecule has 178 valence electrons. The summed E-state index contributed by atoms with van der Waals surface area (Å²) in [5, 5.41) is 7.13. The number of benzene rings is 2. The van der Waals surface area contributed by atoms with Crippen molar-refractivity contribution < 1.29 is 4.79 Å². The van der Waals surface area contributed by atoms with Gasteiger partial charge < -0.3 is 10.3 Å². The molecule has 0 fully saturated rings. The number of rotatable bonds is 11. The summed E-state index contributed by atoms with van der Waals surface area (Å²) in [4.78, 5) is 22.9. The molecule has 0 aliphatic rings. The highest BCUT2D eigenvalue weighted by molar-refractivity contribution is 7.09. The van der Waals surface area contributed by atoms with Crippen LogP contribution in [0.3, 0.4) is 0 Å². The quantitative estimate of drug-likeness (QED) is 0.282. The Morgan fingerprint density at radius 1 is 1.12 bits per heavy atom. The molecule has 2 aromatic carbocycles. The second kappa shape index (κ2) is 11.4. The van der Waals surface area contributed by atoms with Gasteiger partial charge in [-0.2, -0.15) is 0 Å². The third-order valence-electron chi connectivity index (χ3n) is 6.05. The van der Waals surface area contributed by atoms with Gasteiger partial charge in [0, 0.05) is 42.1 Å². The van der Waals surface area contributed by atoms with Crippen LogP contribution in [0.25, 0.3) is 10.9 Å². The number of aromatic amines is 1. The number of hydrogen-bond donors (Lipinski definition) is 2. The summed E-state index contributed by atoms with van der Waals surface area (Å²) in [6.45, 7) is 9.59. The molecule has 0 unspecified atom stereocenters. The number of amides is 1. The summed E-state index contributed by atoms with van der Waals surface area (Å²) in [5.41, 5.74) is 5.58. The molecule has 4 aromatic rings. The number of aromatic nitrogens is 2. The summed E-state index contributed by atoms with van der Waals surface area (Å²) in [6.07, 6.45) is 4.04. The van der Waals surface area contributed by atoms with E-state index in [9.17, 15) is 4.79 Å². The molecule has 0 saturated carbocycles. The van der Waals surface area contributed by atoms with E-state index < -0.39 is 0 Å². The van der Waals surface area contributed by atoms with E-state index in [-0.39, 0.29) is 5.91 Å². The van der Waals surface area contributed by atoms with Crippen molar-refractivity contribution in [3.05, 3.63) is 87.5 Å². The van der Waals surface area contributed by atoms with Crippen molar-refractivity contribution in [2.24, 2.45) is 5.92 Å². The zero-order valence-electron chi connectivity index (χ0n) is 20.3. The second-order valence-corrected chi connectivity index (χ2v) is 10.3. The smallest absolute Gasteiger partial charge is 0.270 e. The molecule has 34 heavy (non-hydrogen) atoms. The van der Waals surface area contributed by atoms with Crippen LogP contribution in [0.1, 0.15) is 52.5 Å². The molecule has 0 aliphatic heterocycles. The van der Waals surface area contributed by atoms with Crippen molar-refractivity contribution in [1.82, 2.24) is 20.2 Å². The van der Waals surface area contributed by atoms with E-state index in [1.54, 1.807) is 11.3 Å². The molecule has 0 saturated heterocycles. The van der Waals surface area contributed by atoms with Crippen LogP contribution in [0.5, 0.6) is 0 Å². The number of nitrogens with one attached hydrogen (secondary N) is 2. The van der Waals surface area contributed by atoms with Crippen molar-refractivity contribution in [3.8, 4) is 0 Å². The minimum Gasteiger partial charge on any atom is -0.361 e. The van der Waals surface area contributed by atoms with Crippen molar-refractivity contribution in [3.63, 3.8) is 0 Å². The van der Waals surface area contributed by atoms with Crippen LogP contribution in [0, 0.1) is 12.8 Å². The average molecular weight is 475 g/mol. The molecule has 1 amide bonds. The summed E-state index contributed by atoms with van der Waals surface area (Å²) >= 11 is 1.57. The lowest BCUT2D eigenvalue weighted by atomic mass is 10.1. The SMILES string of the molecule is Cc1ccc(CN(CCc2c[nH]c3ccccc23)Cc2nc(C(=O)NCCC(C)C)cs2)cc1. The van der Waals surface area contributed by atoms with Crippen LogP contribution in [0.2, 0.25) is 0 Å². The first-order chi connectivity index (χ1) is 16.5. The molecule has 0 atom stereocenters. The van der Waals surface area contributed by atoms with E-state index >= 15 is 0 Å². The molecule has 6 heteroatoms. The fraction of sp³-hybridized carbons (Fsp3) is 0.357. The fourth-order valence-electron chi connectivity index (χ4n) is 4.03. The number of fused-ring (bicyclic) bond motifs is 1. The third-order valence-corrected chi connectivity index (χ3v) is 6.88. The zero-order chi connectivity index (χ0) is 23.9. The lowest BCUT2D eigenvalue weighted by Gasteiger charge is -2.21. The van der Waals surface area contributed by atoms with Crippen LogP contribution in [0.4, 0.5) is 0 Å². The van der Waals surface area contributed by atoms with Gasteiger partial charge in [0.25, 0.3) is 5.91 Å². The molecular formula is C28H34N4OS. The highest BCUT2D eigenvalue weighted by Gasteiger charge is 2.15. The van der Waals surface area contributed by atoms with Gasteiger partial charge in [0.05, 0.1) is 6.54 Å². The maximum atomic E-state index is 12.5. The van der Waals surface area contributed by atoms with Crippen LogP contribution in [0.15, 0.2) is 60.1 Å². The van der Waals surface area contributed by atoms with Crippen LogP contribution < -0.4 is 5.32 Å². The maximum Gasteiger partial charge on any atom is 0.270 e. The largest absolute Gasteiger partial charge is 0.361 e. The highest BCUT2D eigenvalue weighted by Crippen LogP contribution is 2.20. The number of H-pyrrole nitrogens is 1. The number of carbonyl (C=O) groups is 1. The first kappa shape index (κ1) is 24.2. The average Bonchev–Trinajstić information content (AvgIpc) is 3.46. The number of hydrogen-bond acceptors (Lipinski definition) is 4. The monoisotopic (exact) mass is 474 g/mol. The van der Waals surface area contributed by atoms with Crippen LogP contribution in [-0.2, 0) is 19.5 Å². The Bertz CT molecular complexity index is 1210. The van der Waals surface area contributed by atoms with E-state index in [4.69, 9.17) is 0 Å². The minimum absolute atomic E-state index is 0.0768. The van der Waals surface area contributed by atoms with Gasteiger partial charge in [-0.25, -0.2) is 4.98 Å². The number of para-hydroxylation sites is 1. The topological polar surface area (TPSA) is 61.0 Å². The van der Waals surface area contributed by atoms with Crippen molar-refractivity contribution in [1.29, 1.82) is 0 Å². The van der Waals surface area contributed by atoms with Crippen LogP contribution in [-0.4, -0.2) is 33.9 Å². The van der Waals surface area contributed by atoms with E-state index in [0.29, 0.717) is 18.2 Å². The van der Waals surface area contributed by atoms with Crippen LogP contribution >= 0.6 is 11.3 Å². The van der Waals surface area contributed by atoms with E-state index in [1.807, 2.05) is 5.38 Å². The molecule has 5 nitrogen and oxygen atoms in total. The number of carbonyl (C=O) groups excluding carboxylic acids is 1. The van der Waals surface area contributed by atoms with Gasteiger partial charge in [0.2, 0.25) is 0 Å². The molecule has 0 aliphatic carbocycles. The fourth-order valence-corrected chi connectivity index (χ4v) is 4.84. The summed E-state index contributed by atoms with van der Waals surface area (Å²) < 4.78 is 0. The lowest BCUT2D eigenvalue weighted by molar-refractivity contribution is 0.0947. The van der Waals surface area contributed by atoms with E-state index in [0.717, 1.165) is 37.5 Å². The van der Waals surface area contributed by atoms with Crippen molar-refractivity contribution in [2.75, 3.05) is 13.1 Å². The highest BCUT2D eigenvalue weighted by atomic mass is 32.1. The third kappa shape index (κ3) is 6.55. The Morgan fingerprint density at radius 2 is 1.91 bits per heavy atom. The Hall–Kier alpha value is -2.96. The molecule has 4 rings (SSSR count). The van der Waals surface area contributed by atoms with E-state index in [2.05, 4.69) is 95.7 Å². The normalized spacial score (nSPS) is 11.6. The Labute approximate surface area is 206 Å². The summed E-state index contributed by atoms with van der Waals surface area (Å²) in [5.74, 6) is 0.491. The van der Waals surface area contributed by atoms with Gasteiger partial charge in [-0.15, -0.1) is 11.3 Å². The molecule has 0 bridgehead atoms. The van der Waals surface area contributed by atoms with Gasteiger partial charge in [0.15, 0.2) is 0 Å². The Kier molecular flexibility index (Phi) is 8.14. The first-order valence-electron chi connectivity index (χ1n) is 12.0. The van der Waals surface area contributed by atoms with Gasteiger partial charge in [-0.1, -0.05) is 61.9 Å². The second-order valence-electron chi connectivity index (χ2n) is 9.37. The number of aryl methyl sites for hydroxylation is 1. The van der Waals surface area contributed by atoms with Crippen molar-refractivity contribution >= 4 is 28.1 Å². The summed E-state index contributed by atoms with van der Waals surface area (Å²) in [6, 6.07) is 17.2. The Balaban J connectivity index is 1.44. The Morgan fingerprint density at radius 3 is 2.71 bits per heavy atom. The standard InChI is InChI=1S/C28H34N4OS/c1-20(2)12-14-29-28(33)26-19-34-27(31-26)18-32(17-22-10-8-21(3)9-11-22)15-13-23-16-30-25-7-5-4-6-24(23)25/h4-11,16,19-20,30H,12-15,17-18H2,1-3H3,(H,29,33). The predicted octanol–water partition coefficient (Wildman–Crippen LogP) is 5.95. The van der Waals surface area contributed by atoms with Gasteiger partial charge in [-0.05, 0) is 42.9 Å².